The SMILES string of the molecule is COC1CCN(c2ccc(N)c3cccnc23)CC1. The van der Waals surface area contributed by atoms with Crippen LogP contribution in [0.1, 0.15) is 12.8 Å². The quantitative estimate of drug-likeness (QED) is 0.839. The molecule has 0 amide bonds. The van der Waals surface area contributed by atoms with Gasteiger partial charge in [-0.1, -0.05) is 0 Å². The maximum absolute atomic E-state index is 6.02. The first-order chi connectivity index (χ1) is 9.29. The molecule has 0 spiro atoms. The van der Waals surface area contributed by atoms with Crippen LogP contribution in [0.2, 0.25) is 0 Å². The van der Waals surface area contributed by atoms with E-state index >= 15 is 0 Å². The summed E-state index contributed by atoms with van der Waals surface area (Å²) in [4.78, 5) is 6.88. The average Bonchev–Trinajstić information content (AvgIpc) is 2.48. The Balaban J connectivity index is 1.95. The van der Waals surface area contributed by atoms with Crippen LogP contribution >= 0.6 is 0 Å². The van der Waals surface area contributed by atoms with Gasteiger partial charge in [0.25, 0.3) is 0 Å². The Morgan fingerprint density at radius 3 is 2.79 bits per heavy atom. The molecular weight excluding hydrogens is 238 g/mol. The molecule has 0 bridgehead atoms. The molecule has 0 saturated carbocycles. The van der Waals surface area contributed by atoms with Crippen LogP contribution in [0, 0.1) is 0 Å². The van der Waals surface area contributed by atoms with Gasteiger partial charge in [-0.2, -0.15) is 0 Å². The highest BCUT2D eigenvalue weighted by atomic mass is 16.5. The van der Waals surface area contributed by atoms with Crippen molar-refractivity contribution < 1.29 is 4.74 Å². The highest BCUT2D eigenvalue weighted by Gasteiger charge is 2.20. The standard InChI is InChI=1S/C15H19N3O/c1-19-11-6-9-18(10-7-11)14-5-4-13(16)12-3-2-8-17-15(12)14/h2-5,8,11H,6-7,9-10,16H2,1H3. The molecule has 2 aromatic rings. The highest BCUT2D eigenvalue weighted by molar-refractivity contribution is 5.98. The van der Waals surface area contributed by atoms with Gasteiger partial charge in [-0.05, 0) is 37.1 Å². The van der Waals surface area contributed by atoms with E-state index in [1.807, 2.05) is 24.4 Å². The zero-order valence-corrected chi connectivity index (χ0v) is 11.2. The molecule has 1 aliphatic rings. The first-order valence-corrected chi connectivity index (χ1v) is 6.70. The molecule has 4 nitrogen and oxygen atoms in total. The Kier molecular flexibility index (Phi) is 3.25. The highest BCUT2D eigenvalue weighted by Crippen LogP contribution is 2.31. The summed E-state index contributed by atoms with van der Waals surface area (Å²) in [5, 5.41) is 1.04. The Bertz CT molecular complexity index is 577. The molecule has 3 rings (SSSR count). The number of fused-ring (bicyclic) bond motifs is 1. The number of nitrogens with zero attached hydrogens (tertiary/aromatic N) is 2. The lowest BCUT2D eigenvalue weighted by Gasteiger charge is -2.33. The van der Waals surface area contributed by atoms with Crippen LogP contribution in [0.3, 0.4) is 0 Å². The van der Waals surface area contributed by atoms with Crippen molar-refractivity contribution in [2.45, 2.75) is 18.9 Å². The predicted octanol–water partition coefficient (Wildman–Crippen LogP) is 2.43. The molecule has 1 aliphatic heterocycles. The second-order valence-electron chi connectivity index (χ2n) is 5.00. The number of nitrogen functional groups attached to an aromatic ring is 1. The van der Waals surface area contributed by atoms with E-state index in [1.165, 1.54) is 5.69 Å². The van der Waals surface area contributed by atoms with Crippen LogP contribution in [0.15, 0.2) is 30.5 Å². The van der Waals surface area contributed by atoms with E-state index in [0.29, 0.717) is 6.10 Å². The van der Waals surface area contributed by atoms with Crippen LogP contribution in [0.5, 0.6) is 0 Å². The summed E-state index contributed by atoms with van der Waals surface area (Å²) in [6.07, 6.45) is 4.35. The molecule has 0 unspecified atom stereocenters. The molecule has 0 aliphatic carbocycles. The van der Waals surface area contributed by atoms with E-state index in [2.05, 4.69) is 16.0 Å². The third-order valence-electron chi connectivity index (χ3n) is 3.90. The zero-order valence-electron chi connectivity index (χ0n) is 11.2. The monoisotopic (exact) mass is 257 g/mol. The molecule has 4 heteroatoms. The van der Waals surface area contributed by atoms with Gasteiger partial charge in [0.1, 0.15) is 0 Å². The number of pyridine rings is 1. The van der Waals surface area contributed by atoms with E-state index in [0.717, 1.165) is 42.5 Å². The fourth-order valence-electron chi connectivity index (χ4n) is 2.77. The molecule has 0 atom stereocenters. The van der Waals surface area contributed by atoms with Gasteiger partial charge < -0.3 is 15.4 Å². The lowest BCUT2D eigenvalue weighted by molar-refractivity contribution is 0.0819. The van der Waals surface area contributed by atoms with Crippen molar-refractivity contribution in [1.29, 1.82) is 0 Å². The predicted molar refractivity (Wildman–Crippen MR) is 78.4 cm³/mol. The zero-order chi connectivity index (χ0) is 13.2. The number of nitrogens with two attached hydrogens (primary N) is 1. The Morgan fingerprint density at radius 1 is 1.26 bits per heavy atom. The van der Waals surface area contributed by atoms with E-state index in [-0.39, 0.29) is 0 Å². The van der Waals surface area contributed by atoms with Gasteiger partial charge in [0.05, 0.1) is 17.3 Å². The minimum Gasteiger partial charge on any atom is -0.398 e. The number of methoxy groups -OCH3 is 1. The summed E-state index contributed by atoms with van der Waals surface area (Å²) < 4.78 is 5.42. The fourth-order valence-corrected chi connectivity index (χ4v) is 2.77. The van der Waals surface area contributed by atoms with Gasteiger partial charge in [-0.3, -0.25) is 4.98 Å². The van der Waals surface area contributed by atoms with Gasteiger partial charge in [-0.15, -0.1) is 0 Å². The van der Waals surface area contributed by atoms with Gasteiger partial charge in [0.15, 0.2) is 0 Å². The van der Waals surface area contributed by atoms with Crippen LogP contribution in [-0.2, 0) is 4.74 Å². The average molecular weight is 257 g/mol. The van der Waals surface area contributed by atoms with E-state index in [4.69, 9.17) is 10.5 Å². The number of hydrogen-bond donors (Lipinski definition) is 1. The minimum atomic E-state index is 0.393. The van der Waals surface area contributed by atoms with Crippen molar-refractivity contribution >= 4 is 22.3 Å². The summed E-state index contributed by atoms with van der Waals surface area (Å²) in [6, 6.07) is 8.02. The van der Waals surface area contributed by atoms with Gasteiger partial charge in [-0.25, -0.2) is 0 Å². The number of rotatable bonds is 2. The molecule has 19 heavy (non-hydrogen) atoms. The van der Waals surface area contributed by atoms with Gasteiger partial charge >= 0.3 is 0 Å². The van der Waals surface area contributed by atoms with Gasteiger partial charge in [0, 0.05) is 37.5 Å². The molecule has 100 valence electrons. The smallest absolute Gasteiger partial charge is 0.0955 e. The van der Waals surface area contributed by atoms with E-state index < -0.39 is 0 Å². The van der Waals surface area contributed by atoms with Crippen molar-refractivity contribution in [2.75, 3.05) is 30.8 Å². The molecule has 1 aromatic heterocycles. The van der Waals surface area contributed by atoms with Crippen molar-refractivity contribution in [3.8, 4) is 0 Å². The normalized spacial score (nSPS) is 17.0. The van der Waals surface area contributed by atoms with Gasteiger partial charge in [0.2, 0.25) is 0 Å². The number of aromatic nitrogens is 1. The summed E-state index contributed by atoms with van der Waals surface area (Å²) in [5.74, 6) is 0. The Hall–Kier alpha value is -1.81. The van der Waals surface area contributed by atoms with Crippen molar-refractivity contribution in [2.24, 2.45) is 0 Å². The molecule has 2 N–H and O–H groups in total. The van der Waals surface area contributed by atoms with Crippen molar-refractivity contribution in [3.05, 3.63) is 30.5 Å². The van der Waals surface area contributed by atoms with Crippen LogP contribution in [0.4, 0.5) is 11.4 Å². The first kappa shape index (κ1) is 12.2. The maximum Gasteiger partial charge on any atom is 0.0955 e. The lowest BCUT2D eigenvalue weighted by Crippen LogP contribution is -2.36. The molecule has 0 radical (unpaired) electrons. The first-order valence-electron chi connectivity index (χ1n) is 6.70. The second-order valence-corrected chi connectivity index (χ2v) is 5.00. The second kappa shape index (κ2) is 5.05. The topological polar surface area (TPSA) is 51.4 Å². The molecule has 1 saturated heterocycles. The minimum absolute atomic E-state index is 0.393. The summed E-state index contributed by atoms with van der Waals surface area (Å²) in [5.41, 5.74) is 8.99. The van der Waals surface area contributed by atoms with E-state index in [9.17, 15) is 0 Å². The third-order valence-corrected chi connectivity index (χ3v) is 3.90. The largest absolute Gasteiger partial charge is 0.398 e. The summed E-state index contributed by atoms with van der Waals surface area (Å²) in [6.45, 7) is 2.02. The third kappa shape index (κ3) is 2.24. The molecule has 1 fully saturated rings. The summed E-state index contributed by atoms with van der Waals surface area (Å²) >= 11 is 0. The fraction of sp³-hybridized carbons (Fsp3) is 0.400. The number of anilines is 2. The van der Waals surface area contributed by atoms with Crippen LogP contribution in [-0.4, -0.2) is 31.3 Å². The van der Waals surface area contributed by atoms with Crippen molar-refractivity contribution in [3.63, 3.8) is 0 Å². The van der Waals surface area contributed by atoms with Crippen LogP contribution in [0.25, 0.3) is 10.9 Å². The molecular formula is C15H19N3O. The van der Waals surface area contributed by atoms with E-state index in [1.54, 1.807) is 7.11 Å². The van der Waals surface area contributed by atoms with Crippen LogP contribution < -0.4 is 10.6 Å². The maximum atomic E-state index is 6.02. The summed E-state index contributed by atoms with van der Waals surface area (Å²) in [7, 11) is 1.79. The molecule has 2 heterocycles. The Morgan fingerprint density at radius 2 is 2.05 bits per heavy atom. The molecule has 1 aromatic carbocycles. The number of ether oxygens (including phenoxy) is 1. The Labute approximate surface area is 113 Å². The number of piperidine rings is 1. The number of hydrogen-bond acceptors (Lipinski definition) is 4. The number of benzene rings is 1. The van der Waals surface area contributed by atoms with Crippen molar-refractivity contribution in [1.82, 2.24) is 4.98 Å². The lowest BCUT2D eigenvalue weighted by atomic mass is 10.1.